The lowest BCUT2D eigenvalue weighted by molar-refractivity contribution is -0.129. The molecule has 6 N–H and O–H groups in total. The van der Waals surface area contributed by atoms with Gasteiger partial charge in [0.1, 0.15) is 0 Å². The molecule has 0 fully saturated rings. The van der Waals surface area contributed by atoms with Gasteiger partial charge in [-0.3, -0.25) is 14.9 Å². The van der Waals surface area contributed by atoms with E-state index in [1.165, 1.54) is 0 Å². The molecule has 0 aromatic carbocycles. The van der Waals surface area contributed by atoms with Crippen molar-refractivity contribution in [3.05, 3.63) is 0 Å². The molecule has 0 saturated heterocycles. The van der Waals surface area contributed by atoms with Gasteiger partial charge in [0.05, 0.1) is 6.54 Å². The highest BCUT2D eigenvalue weighted by Gasteiger charge is 2.10. The van der Waals surface area contributed by atoms with E-state index in [4.69, 9.17) is 16.6 Å². The SMILES string of the molecule is NCC(=O)NC(=O)CC(N)CCO. The number of rotatable bonds is 5. The molecule has 2 amide bonds. The fourth-order valence-corrected chi connectivity index (χ4v) is 0.764. The van der Waals surface area contributed by atoms with Gasteiger partial charge < -0.3 is 16.6 Å². The van der Waals surface area contributed by atoms with E-state index in [9.17, 15) is 9.59 Å². The normalized spacial score (nSPS) is 12.2. The summed E-state index contributed by atoms with van der Waals surface area (Å²) in [7, 11) is 0. The summed E-state index contributed by atoms with van der Waals surface area (Å²) in [5.41, 5.74) is 10.4. The first kappa shape index (κ1) is 12.0. The lowest BCUT2D eigenvalue weighted by atomic mass is 10.1. The molecule has 1 atom stereocenters. The van der Waals surface area contributed by atoms with Gasteiger partial charge in [0.2, 0.25) is 11.8 Å². The topological polar surface area (TPSA) is 118 Å². The third-order valence-electron chi connectivity index (χ3n) is 1.41. The van der Waals surface area contributed by atoms with Crippen LogP contribution in [0.2, 0.25) is 0 Å². The highest BCUT2D eigenvalue weighted by molar-refractivity contribution is 5.96. The van der Waals surface area contributed by atoms with Crippen molar-refractivity contribution in [1.82, 2.24) is 5.32 Å². The first-order chi connectivity index (χ1) is 6.10. The molecular formula is C7H15N3O3. The molecule has 0 aromatic heterocycles. The number of aliphatic hydroxyl groups excluding tert-OH is 1. The number of carbonyl (C=O) groups excluding carboxylic acids is 2. The van der Waals surface area contributed by atoms with E-state index in [0.717, 1.165) is 0 Å². The Kier molecular flexibility index (Phi) is 6.03. The minimum Gasteiger partial charge on any atom is -0.396 e. The molecule has 0 bridgehead atoms. The lowest BCUT2D eigenvalue weighted by Crippen LogP contribution is -2.38. The van der Waals surface area contributed by atoms with Crippen molar-refractivity contribution in [3.8, 4) is 0 Å². The molecule has 0 saturated carbocycles. The fourth-order valence-electron chi connectivity index (χ4n) is 0.764. The first-order valence-electron chi connectivity index (χ1n) is 3.99. The maximum Gasteiger partial charge on any atom is 0.240 e. The Bertz CT molecular complexity index is 184. The number of nitrogens with one attached hydrogen (secondary N) is 1. The molecule has 76 valence electrons. The van der Waals surface area contributed by atoms with Crippen LogP contribution in [0.3, 0.4) is 0 Å². The van der Waals surface area contributed by atoms with Crippen LogP contribution in [0.25, 0.3) is 0 Å². The summed E-state index contributed by atoms with van der Waals surface area (Å²) < 4.78 is 0. The predicted octanol–water partition coefficient (Wildman–Crippen LogP) is -2.31. The highest BCUT2D eigenvalue weighted by Crippen LogP contribution is 1.92. The maximum absolute atomic E-state index is 10.9. The molecule has 0 rings (SSSR count). The van der Waals surface area contributed by atoms with E-state index in [1.54, 1.807) is 0 Å². The van der Waals surface area contributed by atoms with Crippen LogP contribution in [0.1, 0.15) is 12.8 Å². The van der Waals surface area contributed by atoms with Crippen LogP contribution in [0.5, 0.6) is 0 Å². The van der Waals surface area contributed by atoms with Gasteiger partial charge in [-0.15, -0.1) is 0 Å². The van der Waals surface area contributed by atoms with Crippen molar-refractivity contribution in [3.63, 3.8) is 0 Å². The monoisotopic (exact) mass is 189 g/mol. The van der Waals surface area contributed by atoms with Gasteiger partial charge in [-0.1, -0.05) is 0 Å². The van der Waals surface area contributed by atoms with Gasteiger partial charge in [-0.2, -0.15) is 0 Å². The summed E-state index contributed by atoms with van der Waals surface area (Å²) in [6, 6.07) is -0.421. The van der Waals surface area contributed by atoms with Crippen LogP contribution in [0.4, 0.5) is 0 Å². The summed E-state index contributed by atoms with van der Waals surface area (Å²) in [4.78, 5) is 21.6. The standard InChI is InChI=1S/C7H15N3O3/c8-4-7(13)10-6(12)3-5(9)1-2-11/h5,11H,1-4,8-9H2,(H,10,12,13). The third kappa shape index (κ3) is 6.21. The van der Waals surface area contributed by atoms with Crippen LogP contribution in [-0.4, -0.2) is 36.1 Å². The summed E-state index contributed by atoms with van der Waals surface area (Å²) >= 11 is 0. The minimum absolute atomic E-state index is 0.0201. The Morgan fingerprint density at radius 3 is 2.46 bits per heavy atom. The lowest BCUT2D eigenvalue weighted by Gasteiger charge is -2.08. The number of carbonyl (C=O) groups is 2. The Morgan fingerprint density at radius 1 is 1.38 bits per heavy atom. The largest absolute Gasteiger partial charge is 0.396 e. The van der Waals surface area contributed by atoms with Crippen molar-refractivity contribution < 1.29 is 14.7 Å². The van der Waals surface area contributed by atoms with Crippen molar-refractivity contribution in [2.45, 2.75) is 18.9 Å². The van der Waals surface area contributed by atoms with Gasteiger partial charge in [0, 0.05) is 19.1 Å². The van der Waals surface area contributed by atoms with Crippen molar-refractivity contribution in [2.75, 3.05) is 13.2 Å². The van der Waals surface area contributed by atoms with E-state index in [0.29, 0.717) is 6.42 Å². The summed E-state index contributed by atoms with van der Waals surface area (Å²) in [6.45, 7) is -0.291. The quantitative estimate of drug-likeness (QED) is 0.387. The Labute approximate surface area is 76.3 Å². The van der Waals surface area contributed by atoms with Crippen molar-refractivity contribution in [1.29, 1.82) is 0 Å². The number of hydrogen-bond donors (Lipinski definition) is 4. The minimum atomic E-state index is -0.527. The predicted molar refractivity (Wildman–Crippen MR) is 46.5 cm³/mol. The van der Waals surface area contributed by atoms with Gasteiger partial charge in [-0.05, 0) is 6.42 Å². The van der Waals surface area contributed by atoms with E-state index < -0.39 is 17.9 Å². The number of hydrogen-bond acceptors (Lipinski definition) is 5. The van der Waals surface area contributed by atoms with Crippen LogP contribution in [-0.2, 0) is 9.59 Å². The van der Waals surface area contributed by atoms with Crippen LogP contribution >= 0.6 is 0 Å². The number of nitrogens with two attached hydrogens (primary N) is 2. The maximum atomic E-state index is 10.9. The molecule has 6 heteroatoms. The summed E-state index contributed by atoms with van der Waals surface area (Å²) in [6.07, 6.45) is 0.358. The molecule has 13 heavy (non-hydrogen) atoms. The molecule has 1 unspecified atom stereocenters. The van der Waals surface area contributed by atoms with E-state index >= 15 is 0 Å². The molecule has 0 heterocycles. The fraction of sp³-hybridized carbons (Fsp3) is 0.714. The molecule has 0 aliphatic rings. The average molecular weight is 189 g/mol. The zero-order valence-electron chi connectivity index (χ0n) is 7.32. The zero-order chi connectivity index (χ0) is 10.3. The van der Waals surface area contributed by atoms with Crippen molar-refractivity contribution >= 4 is 11.8 Å². The molecule has 0 spiro atoms. The van der Waals surface area contributed by atoms with Gasteiger partial charge >= 0.3 is 0 Å². The van der Waals surface area contributed by atoms with Gasteiger partial charge in [-0.25, -0.2) is 0 Å². The molecule has 0 aliphatic heterocycles. The highest BCUT2D eigenvalue weighted by atomic mass is 16.3. The van der Waals surface area contributed by atoms with E-state index in [1.807, 2.05) is 0 Å². The second-order valence-corrected chi connectivity index (χ2v) is 2.65. The summed E-state index contributed by atoms with van der Waals surface area (Å²) in [5, 5.41) is 10.5. The van der Waals surface area contributed by atoms with Crippen LogP contribution in [0.15, 0.2) is 0 Å². The Morgan fingerprint density at radius 2 is 2.00 bits per heavy atom. The molecule has 0 aliphatic carbocycles. The number of aliphatic hydroxyl groups is 1. The second-order valence-electron chi connectivity index (χ2n) is 2.65. The molecule has 0 radical (unpaired) electrons. The van der Waals surface area contributed by atoms with Gasteiger partial charge in [0.15, 0.2) is 0 Å². The number of imide groups is 1. The molecule has 6 nitrogen and oxygen atoms in total. The Balaban J connectivity index is 3.67. The summed E-state index contributed by atoms with van der Waals surface area (Å²) in [5.74, 6) is -0.988. The van der Waals surface area contributed by atoms with Crippen LogP contribution in [0, 0.1) is 0 Å². The first-order valence-corrected chi connectivity index (χ1v) is 3.99. The second kappa shape index (κ2) is 6.53. The molecule has 0 aromatic rings. The number of amides is 2. The third-order valence-corrected chi connectivity index (χ3v) is 1.41. The average Bonchev–Trinajstić information content (AvgIpc) is 2.04. The van der Waals surface area contributed by atoms with Crippen molar-refractivity contribution in [2.24, 2.45) is 11.5 Å². The van der Waals surface area contributed by atoms with Gasteiger partial charge in [0.25, 0.3) is 0 Å². The smallest absolute Gasteiger partial charge is 0.240 e. The molecular weight excluding hydrogens is 174 g/mol. The zero-order valence-corrected chi connectivity index (χ0v) is 7.32. The van der Waals surface area contributed by atoms with E-state index in [2.05, 4.69) is 5.32 Å². The Hall–Kier alpha value is -0.980. The van der Waals surface area contributed by atoms with Crippen LogP contribution < -0.4 is 16.8 Å². The van der Waals surface area contributed by atoms with E-state index in [-0.39, 0.29) is 19.6 Å².